The fourth-order valence-corrected chi connectivity index (χ4v) is 0.642. The maximum absolute atomic E-state index is 9.75. The minimum atomic E-state index is -6.00. The van der Waals surface area contributed by atoms with Gasteiger partial charge in [0, 0.05) is 0 Å². The fraction of sp³-hybridized carbons (Fsp3) is 0.125. The molecule has 0 spiro atoms. The molecule has 0 aliphatic heterocycles. The van der Waals surface area contributed by atoms with E-state index in [1.54, 1.807) is 7.05 Å². The Morgan fingerprint density at radius 3 is 1.86 bits per heavy atom. The molecule has 0 amide bonds. The first kappa shape index (κ1) is 12.5. The van der Waals surface area contributed by atoms with E-state index < -0.39 is 7.25 Å². The maximum Gasteiger partial charge on any atom is 0.673 e. The lowest BCUT2D eigenvalue weighted by molar-refractivity contribution is 0.368. The van der Waals surface area contributed by atoms with Gasteiger partial charge in [0.1, 0.15) is 5.56 Å². The molecule has 1 aromatic carbocycles. The number of halogens is 4. The monoisotopic (exact) mass is 205 g/mol. The number of rotatable bonds is 0. The van der Waals surface area contributed by atoms with Crippen LogP contribution in [-0.4, -0.2) is 14.3 Å². The molecule has 0 aromatic heterocycles. The molecule has 6 heteroatoms. The highest BCUT2D eigenvalue weighted by molar-refractivity contribution is 6.50. The molecular weight excluding hydrogens is 197 g/mol. The summed E-state index contributed by atoms with van der Waals surface area (Å²) in [6.07, 6.45) is 0. The molecule has 0 heterocycles. The molecule has 0 aliphatic rings. The third kappa shape index (κ3) is 10.5. The van der Waals surface area contributed by atoms with Crippen LogP contribution in [0.4, 0.5) is 17.3 Å². The SMILES string of the molecule is C[N+]#Cc1ccccc1.F[B-](F)(F)F. The van der Waals surface area contributed by atoms with Crippen molar-refractivity contribution in [3.63, 3.8) is 0 Å². The van der Waals surface area contributed by atoms with Gasteiger partial charge in [0.25, 0.3) is 7.05 Å². The van der Waals surface area contributed by atoms with Gasteiger partial charge in [-0.05, 0) is 12.1 Å². The van der Waals surface area contributed by atoms with Crippen LogP contribution in [0.25, 0.3) is 4.85 Å². The lowest BCUT2D eigenvalue weighted by Crippen LogP contribution is -2.02. The predicted octanol–water partition coefficient (Wildman–Crippen LogP) is 3.30. The van der Waals surface area contributed by atoms with E-state index in [0.717, 1.165) is 5.56 Å². The largest absolute Gasteiger partial charge is 0.673 e. The van der Waals surface area contributed by atoms with Crippen LogP contribution in [0.1, 0.15) is 5.56 Å². The van der Waals surface area contributed by atoms with E-state index in [1.807, 2.05) is 30.3 Å². The first-order chi connectivity index (χ1) is 6.43. The summed E-state index contributed by atoms with van der Waals surface area (Å²) < 4.78 is 39.0. The third-order valence-electron chi connectivity index (χ3n) is 1.01. The Bertz CT molecular complexity index is 306. The van der Waals surface area contributed by atoms with Gasteiger partial charge in [-0.25, -0.2) is 0 Å². The molecule has 1 rings (SSSR count). The predicted molar refractivity (Wildman–Crippen MR) is 48.9 cm³/mol. The van der Waals surface area contributed by atoms with Crippen molar-refractivity contribution in [3.8, 4) is 6.07 Å². The molecule has 1 nitrogen and oxygen atoms in total. The second-order valence-electron chi connectivity index (χ2n) is 2.20. The van der Waals surface area contributed by atoms with Crippen molar-refractivity contribution in [2.24, 2.45) is 0 Å². The Balaban J connectivity index is 0.000000292. The topological polar surface area (TPSA) is 4.36 Å². The molecule has 0 atom stereocenters. The van der Waals surface area contributed by atoms with Gasteiger partial charge < -0.3 is 17.3 Å². The van der Waals surface area contributed by atoms with Gasteiger partial charge in [-0.2, -0.15) is 0 Å². The molecule has 0 aliphatic carbocycles. The zero-order valence-corrected chi connectivity index (χ0v) is 7.42. The summed E-state index contributed by atoms with van der Waals surface area (Å²) in [7, 11) is -4.28. The zero-order valence-electron chi connectivity index (χ0n) is 7.42. The molecule has 76 valence electrons. The van der Waals surface area contributed by atoms with Crippen molar-refractivity contribution in [2.45, 2.75) is 0 Å². The molecule has 1 aromatic rings. The number of hydrogen-bond acceptors (Lipinski definition) is 0. The van der Waals surface area contributed by atoms with E-state index in [1.165, 1.54) is 0 Å². The summed E-state index contributed by atoms with van der Waals surface area (Å²) in [5.41, 5.74) is 1.03. The van der Waals surface area contributed by atoms with Crippen LogP contribution in [0.3, 0.4) is 0 Å². The molecule has 14 heavy (non-hydrogen) atoms. The number of hydrogen-bond donors (Lipinski definition) is 0. The van der Waals surface area contributed by atoms with Crippen molar-refractivity contribution in [1.29, 1.82) is 0 Å². The normalized spacial score (nSPS) is 9.21. The molecule has 0 saturated carbocycles. The minimum absolute atomic E-state index is 1.03. The second-order valence-corrected chi connectivity index (χ2v) is 2.20. The van der Waals surface area contributed by atoms with Crippen molar-refractivity contribution in [1.82, 2.24) is 0 Å². The molecule has 0 unspecified atom stereocenters. The van der Waals surface area contributed by atoms with Gasteiger partial charge in [-0.15, -0.1) is 0 Å². The summed E-state index contributed by atoms with van der Waals surface area (Å²) in [6.45, 7) is 0. The van der Waals surface area contributed by atoms with Crippen LogP contribution in [0.5, 0.6) is 0 Å². The quantitative estimate of drug-likeness (QED) is 0.452. The van der Waals surface area contributed by atoms with E-state index in [9.17, 15) is 17.3 Å². The van der Waals surface area contributed by atoms with Gasteiger partial charge >= 0.3 is 13.3 Å². The average molecular weight is 205 g/mol. The Morgan fingerprint density at radius 2 is 1.50 bits per heavy atom. The maximum atomic E-state index is 9.75. The van der Waals surface area contributed by atoms with Crippen LogP contribution in [0, 0.1) is 6.07 Å². The van der Waals surface area contributed by atoms with Gasteiger partial charge in [-0.3, -0.25) is 0 Å². The molecule has 0 saturated heterocycles. The molecule has 0 radical (unpaired) electrons. The second kappa shape index (κ2) is 6.03. The van der Waals surface area contributed by atoms with E-state index in [0.29, 0.717) is 0 Å². The summed E-state index contributed by atoms with van der Waals surface area (Å²) >= 11 is 0. The highest BCUT2D eigenvalue weighted by Crippen LogP contribution is 2.06. The van der Waals surface area contributed by atoms with Crippen molar-refractivity contribution in [3.05, 3.63) is 40.7 Å². The van der Waals surface area contributed by atoms with E-state index >= 15 is 0 Å². The van der Waals surface area contributed by atoms with E-state index in [-0.39, 0.29) is 0 Å². The van der Waals surface area contributed by atoms with E-state index in [4.69, 9.17) is 0 Å². The summed E-state index contributed by atoms with van der Waals surface area (Å²) in [6, 6.07) is 12.7. The highest BCUT2D eigenvalue weighted by Gasteiger charge is 2.20. The lowest BCUT2D eigenvalue weighted by atomic mass is 10.2. The van der Waals surface area contributed by atoms with Crippen LogP contribution >= 0.6 is 0 Å². The Morgan fingerprint density at radius 1 is 1.07 bits per heavy atom. The minimum Gasteiger partial charge on any atom is -0.418 e. The van der Waals surface area contributed by atoms with E-state index in [2.05, 4.69) is 10.9 Å². The Kier molecular flexibility index (Phi) is 5.38. The van der Waals surface area contributed by atoms with Crippen molar-refractivity contribution < 1.29 is 17.3 Å². The third-order valence-corrected chi connectivity index (χ3v) is 1.01. The molecule has 0 bridgehead atoms. The highest BCUT2D eigenvalue weighted by atomic mass is 19.5. The van der Waals surface area contributed by atoms with Gasteiger partial charge in [0.2, 0.25) is 0 Å². The first-order valence-corrected chi connectivity index (χ1v) is 3.70. The molecular formula is C8H8BF4N. The Labute approximate surface area is 79.3 Å². The zero-order chi connectivity index (χ0) is 11.0. The van der Waals surface area contributed by atoms with Crippen LogP contribution in [0.2, 0.25) is 0 Å². The Hall–Kier alpha value is -1.51. The fourth-order valence-electron chi connectivity index (χ4n) is 0.642. The van der Waals surface area contributed by atoms with Crippen LogP contribution < -0.4 is 0 Å². The summed E-state index contributed by atoms with van der Waals surface area (Å²) in [5, 5.41) is 0. The van der Waals surface area contributed by atoms with Gasteiger partial charge in [0.05, 0.1) is 0 Å². The van der Waals surface area contributed by atoms with Crippen molar-refractivity contribution >= 4 is 7.25 Å². The number of benzene rings is 1. The molecule has 0 N–H and O–H groups in total. The molecule has 0 fully saturated rings. The summed E-state index contributed by atoms with van der Waals surface area (Å²) in [4.78, 5) is 3.76. The summed E-state index contributed by atoms with van der Waals surface area (Å²) in [5.74, 6) is 0. The van der Waals surface area contributed by atoms with Gasteiger partial charge in [0.15, 0.2) is 0 Å². The van der Waals surface area contributed by atoms with Crippen LogP contribution in [0.15, 0.2) is 30.3 Å². The number of nitrogens with zero attached hydrogens (tertiary/aromatic N) is 1. The first-order valence-electron chi connectivity index (χ1n) is 3.70. The van der Waals surface area contributed by atoms with Crippen LogP contribution in [-0.2, 0) is 0 Å². The standard InChI is InChI=1S/C8H8N.BF4/c1-9-7-8-5-3-2-4-6-8;2-1(3,4)5/h2-6H,1H3;/q+1;-1. The smallest absolute Gasteiger partial charge is 0.418 e. The lowest BCUT2D eigenvalue weighted by Gasteiger charge is -1.94. The van der Waals surface area contributed by atoms with Crippen molar-refractivity contribution in [2.75, 3.05) is 7.05 Å². The van der Waals surface area contributed by atoms with Gasteiger partial charge in [-0.1, -0.05) is 23.0 Å². The average Bonchev–Trinajstić information content (AvgIpc) is 2.03.